The van der Waals surface area contributed by atoms with Gasteiger partial charge in [-0.2, -0.15) is 0 Å². The van der Waals surface area contributed by atoms with Gasteiger partial charge < -0.3 is 20.3 Å². The predicted octanol–water partition coefficient (Wildman–Crippen LogP) is 1.60. The summed E-state index contributed by atoms with van der Waals surface area (Å²) < 4.78 is 13.4. The molecule has 3 amide bonds. The van der Waals surface area contributed by atoms with Crippen LogP contribution in [-0.2, 0) is 25.6 Å². The summed E-state index contributed by atoms with van der Waals surface area (Å²) >= 11 is 0. The van der Waals surface area contributed by atoms with Crippen molar-refractivity contribution in [3.63, 3.8) is 0 Å². The number of rotatable bonds is 8. The maximum atomic E-state index is 13.4. The van der Waals surface area contributed by atoms with E-state index in [1.54, 1.807) is 17.0 Å². The van der Waals surface area contributed by atoms with Crippen LogP contribution in [0.2, 0.25) is 0 Å². The van der Waals surface area contributed by atoms with Crippen molar-refractivity contribution < 1.29 is 23.6 Å². The molecule has 3 fully saturated rings. The van der Waals surface area contributed by atoms with Gasteiger partial charge in [-0.25, -0.2) is 4.39 Å². The van der Waals surface area contributed by atoms with Gasteiger partial charge in [0.05, 0.1) is 6.04 Å². The molecule has 0 aromatic heterocycles. The molecule has 2 saturated heterocycles. The van der Waals surface area contributed by atoms with Crippen LogP contribution in [0.4, 0.5) is 4.39 Å². The second kappa shape index (κ2) is 9.79. The van der Waals surface area contributed by atoms with E-state index in [0.29, 0.717) is 38.1 Å². The quantitative estimate of drug-likeness (QED) is 0.597. The summed E-state index contributed by atoms with van der Waals surface area (Å²) in [4.78, 5) is 51.4. The Morgan fingerprint density at radius 1 is 1.28 bits per heavy atom. The molecule has 2 heterocycles. The second-order valence-corrected chi connectivity index (χ2v) is 9.24. The highest BCUT2D eigenvalue weighted by atomic mass is 19.1. The Balaban J connectivity index is 1.41. The molecule has 0 radical (unpaired) electrons. The minimum absolute atomic E-state index is 0.0861. The van der Waals surface area contributed by atoms with Crippen LogP contribution in [0.3, 0.4) is 0 Å². The number of benzene rings is 1. The average Bonchev–Trinajstić information content (AvgIpc) is 3.47. The number of amides is 3. The van der Waals surface area contributed by atoms with Gasteiger partial charge in [0.15, 0.2) is 0 Å². The molecule has 0 spiro atoms. The largest absolute Gasteiger partial charge is 0.356 e. The molecule has 2 N–H and O–H groups in total. The number of halogens is 1. The molecule has 5 atom stereocenters. The molecule has 0 unspecified atom stereocenters. The van der Waals surface area contributed by atoms with E-state index in [4.69, 9.17) is 0 Å². The molecule has 32 heavy (non-hydrogen) atoms. The zero-order valence-electron chi connectivity index (χ0n) is 18.1. The molecule has 1 aliphatic carbocycles. The van der Waals surface area contributed by atoms with Crippen molar-refractivity contribution in [1.82, 2.24) is 15.5 Å². The van der Waals surface area contributed by atoms with Gasteiger partial charge in [-0.05, 0) is 61.6 Å². The summed E-state index contributed by atoms with van der Waals surface area (Å²) in [6, 6.07) is 4.85. The fraction of sp³-hybridized carbons (Fsp3) is 0.583. The summed E-state index contributed by atoms with van der Waals surface area (Å²) in [5.41, 5.74) is 0.745. The number of hydrogen-bond acceptors (Lipinski definition) is 4. The highest BCUT2D eigenvalue weighted by molar-refractivity contribution is 5.90. The number of hydrogen-bond donors (Lipinski definition) is 2. The Morgan fingerprint density at radius 2 is 2.12 bits per heavy atom. The summed E-state index contributed by atoms with van der Waals surface area (Å²) in [6.45, 7) is 1.13. The molecule has 1 aromatic carbocycles. The van der Waals surface area contributed by atoms with E-state index in [9.17, 15) is 23.6 Å². The molecule has 8 heteroatoms. The zero-order chi connectivity index (χ0) is 22.7. The van der Waals surface area contributed by atoms with Crippen molar-refractivity contribution in [3.8, 4) is 0 Å². The third-order valence-electron chi connectivity index (χ3n) is 7.19. The third kappa shape index (κ3) is 4.84. The summed E-state index contributed by atoms with van der Waals surface area (Å²) in [5, 5.41) is 5.55. The van der Waals surface area contributed by atoms with Crippen LogP contribution >= 0.6 is 0 Å². The molecule has 4 rings (SSSR count). The van der Waals surface area contributed by atoms with Crippen LogP contribution in [0.15, 0.2) is 24.3 Å². The van der Waals surface area contributed by atoms with Gasteiger partial charge in [0.2, 0.25) is 17.7 Å². The lowest BCUT2D eigenvalue weighted by Gasteiger charge is -2.28. The number of nitrogens with one attached hydrogen (secondary N) is 2. The van der Waals surface area contributed by atoms with Gasteiger partial charge in [-0.1, -0.05) is 18.6 Å². The Kier molecular flexibility index (Phi) is 6.86. The number of carbonyl (C=O) groups is 4. The normalized spacial score (nSPS) is 27.7. The van der Waals surface area contributed by atoms with Crippen LogP contribution in [0.5, 0.6) is 0 Å². The van der Waals surface area contributed by atoms with Gasteiger partial charge in [-0.3, -0.25) is 14.4 Å². The Bertz CT molecular complexity index is 892. The first-order chi connectivity index (χ1) is 15.5. The lowest BCUT2D eigenvalue weighted by atomic mass is 9.92. The first-order valence-electron chi connectivity index (χ1n) is 11.5. The minimum Gasteiger partial charge on any atom is -0.356 e. The van der Waals surface area contributed by atoms with E-state index in [0.717, 1.165) is 24.8 Å². The van der Waals surface area contributed by atoms with Gasteiger partial charge >= 0.3 is 0 Å². The van der Waals surface area contributed by atoms with Crippen molar-refractivity contribution >= 4 is 24.0 Å². The van der Waals surface area contributed by atoms with Crippen LogP contribution in [0.25, 0.3) is 0 Å². The van der Waals surface area contributed by atoms with Gasteiger partial charge in [0.25, 0.3) is 0 Å². The molecule has 1 aromatic rings. The number of aldehydes is 1. The van der Waals surface area contributed by atoms with E-state index in [2.05, 4.69) is 10.6 Å². The summed E-state index contributed by atoms with van der Waals surface area (Å²) in [5.74, 6) is -0.752. The number of likely N-dealkylation sites (tertiary alicyclic amines) is 1. The third-order valence-corrected chi connectivity index (χ3v) is 7.19. The van der Waals surface area contributed by atoms with Crippen LogP contribution in [-0.4, -0.2) is 54.1 Å². The SMILES string of the molecule is O=C[C@H](C[C@@H]1CCNC1=O)NC(=O)[C@H]1[C@@H]2CCC[C@H]2CN1C(=O)CCc1cccc(F)c1. The fourth-order valence-electron chi connectivity index (χ4n) is 5.58. The predicted molar refractivity (Wildman–Crippen MR) is 115 cm³/mol. The number of nitrogens with zero attached hydrogens (tertiary/aromatic N) is 1. The van der Waals surface area contributed by atoms with Crippen LogP contribution in [0.1, 0.15) is 44.1 Å². The van der Waals surface area contributed by atoms with Crippen molar-refractivity contribution in [2.24, 2.45) is 17.8 Å². The van der Waals surface area contributed by atoms with Crippen molar-refractivity contribution in [2.75, 3.05) is 13.1 Å². The van der Waals surface area contributed by atoms with Gasteiger partial charge in [0.1, 0.15) is 18.1 Å². The number of fused-ring (bicyclic) bond motifs is 1. The smallest absolute Gasteiger partial charge is 0.243 e. The molecule has 7 nitrogen and oxygen atoms in total. The molecule has 1 saturated carbocycles. The zero-order valence-corrected chi connectivity index (χ0v) is 18.1. The first kappa shape index (κ1) is 22.4. The Labute approximate surface area is 187 Å². The molecule has 2 aliphatic heterocycles. The molecular weight excluding hydrogens is 413 g/mol. The van der Waals surface area contributed by atoms with Gasteiger partial charge in [0, 0.05) is 25.4 Å². The van der Waals surface area contributed by atoms with E-state index in [1.807, 2.05) is 0 Å². The van der Waals surface area contributed by atoms with Gasteiger partial charge in [-0.15, -0.1) is 0 Å². The number of carbonyl (C=O) groups excluding carboxylic acids is 4. The monoisotopic (exact) mass is 443 g/mol. The minimum atomic E-state index is -0.749. The molecule has 3 aliphatic rings. The van der Waals surface area contributed by atoms with Crippen molar-refractivity contribution in [1.29, 1.82) is 0 Å². The molecular formula is C24H30FN3O4. The maximum absolute atomic E-state index is 13.4. The van der Waals surface area contributed by atoms with E-state index in [1.165, 1.54) is 12.1 Å². The Morgan fingerprint density at radius 3 is 2.84 bits per heavy atom. The van der Waals surface area contributed by atoms with E-state index >= 15 is 0 Å². The fourth-order valence-corrected chi connectivity index (χ4v) is 5.58. The van der Waals surface area contributed by atoms with E-state index in [-0.39, 0.29) is 48.2 Å². The standard InChI is InChI=1S/C24H30FN3O4/c25-18-5-1-3-15(11-18)7-8-21(30)28-13-17-4-2-6-20(17)22(28)24(32)27-19(14-29)12-16-9-10-26-23(16)31/h1,3,5,11,14,16-17,19-20,22H,2,4,6-10,12-13H2,(H,26,31)(H,27,32)/t16-,17-,19-,20+,22+/m0/s1. The Hall–Kier alpha value is -2.77. The lowest BCUT2D eigenvalue weighted by Crippen LogP contribution is -2.52. The highest BCUT2D eigenvalue weighted by Crippen LogP contribution is 2.42. The molecule has 172 valence electrons. The second-order valence-electron chi connectivity index (χ2n) is 9.24. The summed E-state index contributed by atoms with van der Waals surface area (Å²) in [6.07, 6.45) is 5.11. The lowest BCUT2D eigenvalue weighted by molar-refractivity contribution is -0.140. The van der Waals surface area contributed by atoms with Crippen molar-refractivity contribution in [3.05, 3.63) is 35.6 Å². The summed E-state index contributed by atoms with van der Waals surface area (Å²) in [7, 11) is 0. The first-order valence-corrected chi connectivity index (χ1v) is 11.5. The topological polar surface area (TPSA) is 95.6 Å². The van der Waals surface area contributed by atoms with E-state index < -0.39 is 12.1 Å². The van der Waals surface area contributed by atoms with Crippen molar-refractivity contribution in [2.45, 2.75) is 57.0 Å². The molecule has 0 bridgehead atoms. The number of aryl methyl sites for hydroxylation is 1. The van der Waals surface area contributed by atoms with Crippen LogP contribution in [0, 0.1) is 23.6 Å². The van der Waals surface area contributed by atoms with Crippen LogP contribution < -0.4 is 10.6 Å². The maximum Gasteiger partial charge on any atom is 0.243 e. The average molecular weight is 444 g/mol. The highest BCUT2D eigenvalue weighted by Gasteiger charge is 2.49.